The molecule has 1 aromatic heterocycles. The molecule has 3 aromatic rings. The molecule has 26 heavy (non-hydrogen) atoms. The summed E-state index contributed by atoms with van der Waals surface area (Å²) in [5.41, 5.74) is 3.49. The predicted molar refractivity (Wildman–Crippen MR) is 98.1 cm³/mol. The maximum Gasteiger partial charge on any atom is 0.246 e. The van der Waals surface area contributed by atoms with Crippen molar-refractivity contribution in [3.8, 4) is 11.4 Å². The Morgan fingerprint density at radius 2 is 1.92 bits per heavy atom. The first-order valence-electron chi connectivity index (χ1n) is 8.89. The van der Waals surface area contributed by atoms with Gasteiger partial charge in [-0.3, -0.25) is 4.79 Å². The molecule has 0 bridgehead atoms. The van der Waals surface area contributed by atoms with Crippen molar-refractivity contribution in [1.82, 2.24) is 25.1 Å². The van der Waals surface area contributed by atoms with E-state index in [4.69, 9.17) is 0 Å². The molecule has 2 aromatic carbocycles. The number of carbonyl (C=O) groups is 1. The minimum Gasteiger partial charge on any atom is -0.337 e. The smallest absolute Gasteiger partial charge is 0.246 e. The lowest BCUT2D eigenvalue weighted by molar-refractivity contribution is -0.133. The molecule has 1 aliphatic rings. The van der Waals surface area contributed by atoms with Crippen LogP contribution in [0.2, 0.25) is 0 Å². The first-order chi connectivity index (χ1) is 12.7. The molecule has 1 amide bonds. The lowest BCUT2D eigenvalue weighted by Crippen LogP contribution is -2.36. The van der Waals surface area contributed by atoms with Crippen LogP contribution in [0.5, 0.6) is 0 Å². The lowest BCUT2D eigenvalue weighted by Gasteiger charge is -2.33. The van der Waals surface area contributed by atoms with Crippen molar-refractivity contribution in [1.29, 1.82) is 0 Å². The second-order valence-corrected chi connectivity index (χ2v) is 6.62. The first-order valence-corrected chi connectivity index (χ1v) is 8.89. The van der Waals surface area contributed by atoms with E-state index in [2.05, 4.69) is 33.6 Å². The van der Waals surface area contributed by atoms with Crippen LogP contribution in [0, 0.1) is 0 Å². The Morgan fingerprint density at radius 1 is 1.15 bits per heavy atom. The zero-order valence-corrected chi connectivity index (χ0v) is 14.7. The topological polar surface area (TPSA) is 63.9 Å². The summed E-state index contributed by atoms with van der Waals surface area (Å²) in [6, 6.07) is 18.1. The van der Waals surface area contributed by atoms with Crippen LogP contribution in [-0.2, 0) is 17.8 Å². The Hall–Kier alpha value is -3.02. The van der Waals surface area contributed by atoms with Crippen molar-refractivity contribution in [3.05, 3.63) is 65.7 Å². The maximum absolute atomic E-state index is 12.8. The molecule has 6 nitrogen and oxygen atoms in total. The molecule has 4 rings (SSSR count). The van der Waals surface area contributed by atoms with Gasteiger partial charge < -0.3 is 4.90 Å². The lowest BCUT2D eigenvalue weighted by atomic mass is 9.87. The van der Waals surface area contributed by atoms with Gasteiger partial charge in [-0.15, -0.1) is 10.2 Å². The van der Waals surface area contributed by atoms with E-state index in [0.717, 1.165) is 24.8 Å². The van der Waals surface area contributed by atoms with Crippen molar-refractivity contribution in [2.45, 2.75) is 31.8 Å². The summed E-state index contributed by atoms with van der Waals surface area (Å²) in [5.74, 6) is 0.521. The summed E-state index contributed by atoms with van der Waals surface area (Å²) < 4.78 is 0. The average molecular weight is 347 g/mol. The number of carbonyl (C=O) groups excluding carboxylic acids is 1. The Morgan fingerprint density at radius 3 is 2.77 bits per heavy atom. The molecule has 0 fully saturated rings. The third-order valence-corrected chi connectivity index (χ3v) is 4.96. The zero-order valence-electron chi connectivity index (χ0n) is 14.7. The summed E-state index contributed by atoms with van der Waals surface area (Å²) in [7, 11) is 1.87. The van der Waals surface area contributed by atoms with E-state index in [-0.39, 0.29) is 18.5 Å². The van der Waals surface area contributed by atoms with E-state index in [1.54, 1.807) is 0 Å². The van der Waals surface area contributed by atoms with E-state index in [1.165, 1.54) is 15.9 Å². The maximum atomic E-state index is 12.8. The van der Waals surface area contributed by atoms with Crippen molar-refractivity contribution in [2.75, 3.05) is 7.05 Å². The number of aryl methyl sites for hydroxylation is 1. The van der Waals surface area contributed by atoms with Gasteiger partial charge in [-0.25, -0.2) is 0 Å². The second-order valence-electron chi connectivity index (χ2n) is 6.62. The van der Waals surface area contributed by atoms with Gasteiger partial charge in [0, 0.05) is 12.6 Å². The van der Waals surface area contributed by atoms with Gasteiger partial charge in [0.2, 0.25) is 11.7 Å². The number of nitrogens with zero attached hydrogens (tertiary/aromatic N) is 5. The summed E-state index contributed by atoms with van der Waals surface area (Å²) in [5, 5.41) is 12.4. The number of rotatable bonds is 4. The van der Waals surface area contributed by atoms with E-state index < -0.39 is 0 Å². The van der Waals surface area contributed by atoms with Gasteiger partial charge in [0.15, 0.2) is 0 Å². The van der Waals surface area contributed by atoms with Gasteiger partial charge in [0.1, 0.15) is 6.54 Å². The number of likely N-dealkylation sites (N-methyl/N-ethyl adjacent to an activating group) is 1. The third kappa shape index (κ3) is 3.22. The largest absolute Gasteiger partial charge is 0.337 e. The highest BCUT2D eigenvalue weighted by Gasteiger charge is 2.26. The van der Waals surface area contributed by atoms with Gasteiger partial charge in [-0.1, -0.05) is 54.6 Å². The molecule has 1 heterocycles. The summed E-state index contributed by atoms with van der Waals surface area (Å²) in [6.45, 7) is 0.0923. The van der Waals surface area contributed by atoms with Crippen LogP contribution in [-0.4, -0.2) is 38.1 Å². The van der Waals surface area contributed by atoms with Crippen LogP contribution < -0.4 is 0 Å². The number of hydrogen-bond donors (Lipinski definition) is 0. The van der Waals surface area contributed by atoms with Crippen LogP contribution in [0.4, 0.5) is 0 Å². The highest BCUT2D eigenvalue weighted by atomic mass is 16.2. The van der Waals surface area contributed by atoms with Crippen LogP contribution in [0.3, 0.4) is 0 Å². The zero-order chi connectivity index (χ0) is 17.9. The molecular formula is C20H21N5O. The minimum absolute atomic E-state index is 0.0104. The molecule has 0 saturated heterocycles. The fourth-order valence-electron chi connectivity index (χ4n) is 3.55. The molecule has 0 aliphatic heterocycles. The number of amides is 1. The van der Waals surface area contributed by atoms with Gasteiger partial charge in [-0.2, -0.15) is 4.80 Å². The van der Waals surface area contributed by atoms with Gasteiger partial charge in [0.25, 0.3) is 0 Å². The Kier molecular flexibility index (Phi) is 4.48. The summed E-state index contributed by atoms with van der Waals surface area (Å²) in [4.78, 5) is 16.0. The molecule has 1 atom stereocenters. The number of aromatic nitrogens is 4. The van der Waals surface area contributed by atoms with Crippen LogP contribution in [0.15, 0.2) is 54.6 Å². The molecule has 0 N–H and O–H groups in total. The van der Waals surface area contributed by atoms with Crippen molar-refractivity contribution < 1.29 is 4.79 Å². The molecular weight excluding hydrogens is 326 g/mol. The molecule has 0 radical (unpaired) electrons. The van der Waals surface area contributed by atoms with E-state index >= 15 is 0 Å². The fraction of sp³-hybridized carbons (Fsp3) is 0.300. The van der Waals surface area contributed by atoms with Crippen molar-refractivity contribution in [3.63, 3.8) is 0 Å². The number of hydrogen-bond acceptors (Lipinski definition) is 4. The Balaban J connectivity index is 1.48. The van der Waals surface area contributed by atoms with Crippen molar-refractivity contribution >= 4 is 5.91 Å². The van der Waals surface area contributed by atoms with Crippen LogP contribution in [0.25, 0.3) is 11.4 Å². The van der Waals surface area contributed by atoms with Crippen LogP contribution in [0.1, 0.15) is 30.0 Å². The molecule has 1 unspecified atom stereocenters. The minimum atomic E-state index is -0.0104. The molecule has 6 heteroatoms. The number of benzene rings is 2. The average Bonchev–Trinajstić information content (AvgIpc) is 3.16. The van der Waals surface area contributed by atoms with E-state index in [9.17, 15) is 4.79 Å². The molecule has 0 spiro atoms. The van der Waals surface area contributed by atoms with Crippen LogP contribution >= 0.6 is 0 Å². The molecule has 132 valence electrons. The van der Waals surface area contributed by atoms with E-state index in [1.807, 2.05) is 48.3 Å². The monoisotopic (exact) mass is 347 g/mol. The molecule has 1 aliphatic carbocycles. The first kappa shape index (κ1) is 16.4. The van der Waals surface area contributed by atoms with E-state index in [0.29, 0.717) is 5.82 Å². The highest BCUT2D eigenvalue weighted by Crippen LogP contribution is 2.33. The summed E-state index contributed by atoms with van der Waals surface area (Å²) in [6.07, 6.45) is 3.16. The standard InChI is InChI=1S/C20H21N5O/c1-24(18-13-7-11-15-8-5-6-12-17(15)18)19(26)14-25-22-20(21-23-25)16-9-3-2-4-10-16/h2-6,8-10,12,18H,7,11,13-14H2,1H3. The van der Waals surface area contributed by atoms with Gasteiger partial charge in [-0.05, 0) is 35.6 Å². The third-order valence-electron chi connectivity index (χ3n) is 4.96. The Labute approximate surface area is 152 Å². The normalized spacial score (nSPS) is 16.1. The molecule has 0 saturated carbocycles. The predicted octanol–water partition coefficient (Wildman–Crippen LogP) is 2.88. The van der Waals surface area contributed by atoms with Gasteiger partial charge in [0.05, 0.1) is 6.04 Å². The van der Waals surface area contributed by atoms with Gasteiger partial charge >= 0.3 is 0 Å². The van der Waals surface area contributed by atoms with Crippen molar-refractivity contribution in [2.24, 2.45) is 0 Å². The number of fused-ring (bicyclic) bond motifs is 1. The number of tetrazole rings is 1. The second kappa shape index (κ2) is 7.07. The fourth-order valence-corrected chi connectivity index (χ4v) is 3.55. The quantitative estimate of drug-likeness (QED) is 0.728. The summed E-state index contributed by atoms with van der Waals surface area (Å²) >= 11 is 0. The highest BCUT2D eigenvalue weighted by molar-refractivity contribution is 5.76. The SMILES string of the molecule is CN(C(=O)Cn1nnc(-c2ccccc2)n1)C1CCCc2ccccc21. The Bertz CT molecular complexity index is 905.